The highest BCUT2D eigenvalue weighted by molar-refractivity contribution is 6.02. The van der Waals surface area contributed by atoms with E-state index in [4.69, 9.17) is 0 Å². The fourth-order valence-corrected chi connectivity index (χ4v) is 4.39. The zero-order valence-corrected chi connectivity index (χ0v) is 20.1. The minimum atomic E-state index is -2.75. The zero-order chi connectivity index (χ0) is 26.8. The van der Waals surface area contributed by atoms with Crippen LogP contribution in [-0.4, -0.2) is 32.3 Å². The second-order valence-electron chi connectivity index (χ2n) is 8.73. The van der Waals surface area contributed by atoms with Crippen LogP contribution in [0.1, 0.15) is 23.5 Å². The van der Waals surface area contributed by atoms with Crippen molar-refractivity contribution in [3.8, 4) is 22.5 Å². The van der Waals surface area contributed by atoms with Crippen LogP contribution in [0.5, 0.6) is 0 Å². The minimum absolute atomic E-state index is 0.121. The molecule has 4 heterocycles. The van der Waals surface area contributed by atoms with Crippen molar-refractivity contribution in [2.75, 3.05) is 5.32 Å². The van der Waals surface area contributed by atoms with Crippen molar-refractivity contribution in [1.29, 1.82) is 0 Å². The summed E-state index contributed by atoms with van der Waals surface area (Å²) in [5.74, 6) is -2.97. The Kier molecular flexibility index (Phi) is 6.87. The highest BCUT2D eigenvalue weighted by Gasteiger charge is 2.26. The fraction of sp³-hybridized carbons (Fsp3) is 0.143. The largest absolute Gasteiger partial charge is 0.352 e. The van der Waals surface area contributed by atoms with Crippen molar-refractivity contribution >= 4 is 22.8 Å². The quantitative estimate of drug-likeness (QED) is 0.186. The summed E-state index contributed by atoms with van der Waals surface area (Å²) in [6, 6.07) is 14.8. The van der Waals surface area contributed by atoms with Gasteiger partial charge in [-0.2, -0.15) is 4.39 Å². The number of aromatic nitrogens is 4. The molecule has 0 bridgehead atoms. The number of pyridine rings is 3. The lowest BCUT2D eigenvalue weighted by molar-refractivity contribution is -0.118. The number of carbonyl (C=O) groups excluding carboxylic acids is 1. The molecule has 0 radical (unpaired) electrons. The van der Waals surface area contributed by atoms with Crippen molar-refractivity contribution in [1.82, 2.24) is 19.9 Å². The normalized spacial score (nSPS) is 12.2. The van der Waals surface area contributed by atoms with Crippen LogP contribution in [0.3, 0.4) is 0 Å². The maximum atomic E-state index is 14.3. The van der Waals surface area contributed by atoms with E-state index in [1.165, 1.54) is 24.4 Å². The fourth-order valence-electron chi connectivity index (χ4n) is 4.39. The number of aromatic amines is 1. The Morgan fingerprint density at radius 3 is 2.50 bits per heavy atom. The van der Waals surface area contributed by atoms with Gasteiger partial charge in [-0.25, -0.2) is 23.1 Å². The van der Waals surface area contributed by atoms with Crippen LogP contribution in [0.25, 0.3) is 33.5 Å². The Morgan fingerprint density at radius 1 is 1.00 bits per heavy atom. The number of benzene rings is 1. The Labute approximate surface area is 214 Å². The van der Waals surface area contributed by atoms with Gasteiger partial charge in [0.05, 0.1) is 28.4 Å². The molecule has 0 aliphatic carbocycles. The van der Waals surface area contributed by atoms with Crippen LogP contribution in [0.4, 0.5) is 23.4 Å². The molecule has 1 aromatic carbocycles. The summed E-state index contributed by atoms with van der Waals surface area (Å²) < 4.78 is 54.2. The number of amides is 1. The maximum absolute atomic E-state index is 14.3. The first kappa shape index (κ1) is 25.1. The van der Waals surface area contributed by atoms with Gasteiger partial charge in [-0.15, -0.1) is 0 Å². The van der Waals surface area contributed by atoms with E-state index < -0.39 is 36.4 Å². The monoisotopic (exact) mass is 519 g/mol. The molecule has 38 heavy (non-hydrogen) atoms. The number of rotatable bonds is 7. The number of halogens is 4. The molecule has 192 valence electrons. The molecule has 5 aromatic rings. The number of hydrogen-bond donors (Lipinski definition) is 2. The second kappa shape index (κ2) is 10.4. The van der Waals surface area contributed by atoms with Gasteiger partial charge in [0.1, 0.15) is 17.2 Å². The summed E-state index contributed by atoms with van der Waals surface area (Å²) in [6.07, 6.45) is -0.418. The van der Waals surface area contributed by atoms with Gasteiger partial charge in [-0.3, -0.25) is 9.78 Å². The van der Waals surface area contributed by atoms with Crippen molar-refractivity contribution in [2.45, 2.75) is 25.7 Å². The van der Waals surface area contributed by atoms with Gasteiger partial charge < -0.3 is 10.3 Å². The SMILES string of the molecule is Cc1cc(F)nc2c(-c3ccccn3)c(-c3ccnc(NC(=O)[C@H](CC(F)F)c4ccc(F)cc4)c3)[nH]c12. The summed E-state index contributed by atoms with van der Waals surface area (Å²) in [6.45, 7) is 1.76. The van der Waals surface area contributed by atoms with E-state index in [2.05, 4.69) is 25.3 Å². The van der Waals surface area contributed by atoms with Crippen LogP contribution >= 0.6 is 0 Å². The van der Waals surface area contributed by atoms with Crippen molar-refractivity contribution in [3.05, 3.63) is 95.9 Å². The predicted molar refractivity (Wildman–Crippen MR) is 136 cm³/mol. The van der Waals surface area contributed by atoms with E-state index in [-0.39, 0.29) is 11.4 Å². The average molecular weight is 520 g/mol. The number of alkyl halides is 2. The molecule has 4 aromatic heterocycles. The molecule has 0 aliphatic rings. The van der Waals surface area contributed by atoms with Gasteiger partial charge in [0, 0.05) is 24.4 Å². The standard InChI is InChI=1S/C28H21F4N5O/c1-15-12-22(32)35-27-24(20-4-2-3-10-33-20)26(37-25(15)27)17-9-11-34-23(13-17)36-28(38)19(14-21(30)31)16-5-7-18(29)8-6-16/h2-13,19,21,37H,14H2,1H3,(H,34,36,38)/t19-/m1/s1. The van der Waals surface area contributed by atoms with Gasteiger partial charge in [0.25, 0.3) is 0 Å². The first-order chi connectivity index (χ1) is 18.3. The first-order valence-electron chi connectivity index (χ1n) is 11.7. The molecule has 0 unspecified atom stereocenters. The molecule has 0 aliphatic heterocycles. The lowest BCUT2D eigenvalue weighted by Gasteiger charge is -2.17. The van der Waals surface area contributed by atoms with Gasteiger partial charge in [-0.05, 0) is 60.5 Å². The van der Waals surface area contributed by atoms with Crippen LogP contribution < -0.4 is 5.32 Å². The number of H-pyrrole nitrogens is 1. The summed E-state index contributed by atoms with van der Waals surface area (Å²) in [4.78, 5) is 29.0. The number of nitrogens with one attached hydrogen (secondary N) is 2. The van der Waals surface area contributed by atoms with E-state index in [1.807, 2.05) is 0 Å². The van der Waals surface area contributed by atoms with Crippen LogP contribution in [0.15, 0.2) is 73.1 Å². The Hall–Kier alpha value is -4.60. The van der Waals surface area contributed by atoms with Gasteiger partial charge in [-0.1, -0.05) is 18.2 Å². The van der Waals surface area contributed by atoms with Crippen molar-refractivity contribution in [2.24, 2.45) is 0 Å². The van der Waals surface area contributed by atoms with E-state index in [0.717, 1.165) is 12.1 Å². The van der Waals surface area contributed by atoms with Gasteiger partial charge in [0.2, 0.25) is 18.3 Å². The number of nitrogens with zero attached hydrogens (tertiary/aromatic N) is 3. The number of fused-ring (bicyclic) bond motifs is 1. The lowest BCUT2D eigenvalue weighted by atomic mass is 9.95. The van der Waals surface area contributed by atoms with E-state index in [0.29, 0.717) is 39.1 Å². The predicted octanol–water partition coefficient (Wildman–Crippen LogP) is 6.65. The molecular formula is C28H21F4N5O. The Morgan fingerprint density at radius 2 is 1.79 bits per heavy atom. The molecule has 0 spiro atoms. The van der Waals surface area contributed by atoms with E-state index >= 15 is 0 Å². The molecule has 1 atom stereocenters. The molecule has 5 rings (SSSR count). The molecule has 0 saturated heterocycles. The summed E-state index contributed by atoms with van der Waals surface area (Å²) in [5.41, 5.74) is 4.20. The van der Waals surface area contributed by atoms with Crippen molar-refractivity contribution < 1.29 is 22.4 Å². The molecule has 0 saturated carbocycles. The minimum Gasteiger partial charge on any atom is -0.352 e. The van der Waals surface area contributed by atoms with E-state index in [1.54, 1.807) is 43.5 Å². The van der Waals surface area contributed by atoms with Gasteiger partial charge >= 0.3 is 0 Å². The van der Waals surface area contributed by atoms with Gasteiger partial charge in [0.15, 0.2) is 0 Å². The average Bonchev–Trinajstić information content (AvgIpc) is 3.28. The van der Waals surface area contributed by atoms with Crippen LogP contribution in [0, 0.1) is 18.7 Å². The zero-order valence-electron chi connectivity index (χ0n) is 20.1. The number of hydrogen-bond acceptors (Lipinski definition) is 4. The topological polar surface area (TPSA) is 83.6 Å². The molecule has 0 fully saturated rings. The van der Waals surface area contributed by atoms with Crippen LogP contribution in [0.2, 0.25) is 0 Å². The molecule has 2 N–H and O–H groups in total. The second-order valence-corrected chi connectivity index (χ2v) is 8.73. The summed E-state index contributed by atoms with van der Waals surface area (Å²) >= 11 is 0. The first-order valence-corrected chi connectivity index (χ1v) is 11.7. The smallest absolute Gasteiger partial charge is 0.239 e. The van der Waals surface area contributed by atoms with E-state index in [9.17, 15) is 22.4 Å². The molecular weight excluding hydrogens is 498 g/mol. The highest BCUT2D eigenvalue weighted by Crippen LogP contribution is 2.38. The summed E-state index contributed by atoms with van der Waals surface area (Å²) in [7, 11) is 0. The third-order valence-corrected chi connectivity index (χ3v) is 6.15. The Balaban J connectivity index is 1.54. The molecule has 10 heteroatoms. The maximum Gasteiger partial charge on any atom is 0.239 e. The summed E-state index contributed by atoms with van der Waals surface area (Å²) in [5, 5.41) is 2.60. The lowest BCUT2D eigenvalue weighted by Crippen LogP contribution is -2.23. The number of anilines is 1. The molecule has 1 amide bonds. The highest BCUT2D eigenvalue weighted by atomic mass is 19.3. The third kappa shape index (κ3) is 5.10. The third-order valence-electron chi connectivity index (χ3n) is 6.15. The van der Waals surface area contributed by atoms with Crippen LogP contribution in [-0.2, 0) is 4.79 Å². The Bertz CT molecular complexity index is 1600. The molecule has 6 nitrogen and oxygen atoms in total. The van der Waals surface area contributed by atoms with Crippen molar-refractivity contribution in [3.63, 3.8) is 0 Å². The number of carbonyl (C=O) groups is 1. The number of aryl methyl sites for hydroxylation is 1.